The molecular weight excluding hydrogens is 232 g/mol. The Labute approximate surface area is 117 Å². The number of nitrogens with zero attached hydrogens (tertiary/aromatic N) is 2. The Morgan fingerprint density at radius 3 is 2.21 bits per heavy atom. The zero-order valence-electron chi connectivity index (χ0n) is 12.3. The maximum atomic E-state index is 8.72. The predicted octanol–water partition coefficient (Wildman–Crippen LogP) is 3.69. The average molecular weight is 256 g/mol. The monoisotopic (exact) mass is 256 g/mol. The van der Waals surface area contributed by atoms with Gasteiger partial charge >= 0.3 is 0 Å². The minimum absolute atomic E-state index is 0.231. The number of rotatable bonds is 2. The highest BCUT2D eigenvalue weighted by Crippen LogP contribution is 2.30. The van der Waals surface area contributed by atoms with Gasteiger partial charge in [0.25, 0.3) is 0 Å². The van der Waals surface area contributed by atoms with Crippen molar-refractivity contribution in [2.24, 2.45) is 0 Å². The molecular formula is C17H24N2. The van der Waals surface area contributed by atoms with Gasteiger partial charge in [-0.15, -0.1) is 0 Å². The van der Waals surface area contributed by atoms with E-state index in [0.717, 1.165) is 13.1 Å². The first-order valence-corrected chi connectivity index (χ1v) is 7.20. The van der Waals surface area contributed by atoms with Crippen LogP contribution in [-0.2, 0) is 5.41 Å². The molecule has 1 fully saturated rings. The molecule has 0 radical (unpaired) electrons. The van der Waals surface area contributed by atoms with Crippen LogP contribution in [0.2, 0.25) is 0 Å². The number of nitriles is 1. The van der Waals surface area contributed by atoms with Gasteiger partial charge in [-0.1, -0.05) is 45.0 Å². The van der Waals surface area contributed by atoms with Gasteiger partial charge in [0, 0.05) is 0 Å². The van der Waals surface area contributed by atoms with E-state index >= 15 is 0 Å². The second kappa shape index (κ2) is 5.75. The smallest absolute Gasteiger partial charge is 0.0865 e. The molecule has 0 bridgehead atoms. The van der Waals surface area contributed by atoms with E-state index in [1.807, 2.05) is 0 Å². The van der Waals surface area contributed by atoms with Gasteiger partial charge in [0.1, 0.15) is 0 Å². The second-order valence-electron chi connectivity index (χ2n) is 6.58. The molecule has 0 atom stereocenters. The van der Waals surface area contributed by atoms with Crippen molar-refractivity contribution in [2.75, 3.05) is 19.6 Å². The standard InChI is InChI=1S/C17H24N2/c1-17(2,3)16-6-4-14(5-7-16)15-8-11-19(12-9-15)13-10-18/h4-7,15H,8-9,11-13H2,1-3H3. The molecule has 0 aromatic heterocycles. The fourth-order valence-electron chi connectivity index (χ4n) is 2.78. The van der Waals surface area contributed by atoms with E-state index in [-0.39, 0.29) is 5.41 Å². The van der Waals surface area contributed by atoms with Gasteiger partial charge in [-0.05, 0) is 48.4 Å². The van der Waals surface area contributed by atoms with Gasteiger partial charge < -0.3 is 0 Å². The SMILES string of the molecule is CC(C)(C)c1ccc(C2CCN(CC#N)CC2)cc1. The third-order valence-corrected chi connectivity index (χ3v) is 4.13. The normalized spacial score (nSPS) is 18.2. The minimum atomic E-state index is 0.231. The summed E-state index contributed by atoms with van der Waals surface area (Å²) < 4.78 is 0. The largest absolute Gasteiger partial charge is 0.291 e. The molecule has 2 nitrogen and oxygen atoms in total. The highest BCUT2D eigenvalue weighted by Gasteiger charge is 2.21. The first-order valence-electron chi connectivity index (χ1n) is 7.20. The Morgan fingerprint density at radius 2 is 1.74 bits per heavy atom. The summed E-state index contributed by atoms with van der Waals surface area (Å²) in [6, 6.07) is 11.4. The molecule has 2 rings (SSSR count). The number of hydrogen-bond acceptors (Lipinski definition) is 2. The Balaban J connectivity index is 1.99. The first kappa shape index (κ1) is 14.1. The average Bonchev–Trinajstić information content (AvgIpc) is 2.39. The number of likely N-dealkylation sites (tertiary alicyclic amines) is 1. The molecule has 1 aliphatic rings. The van der Waals surface area contributed by atoms with Crippen LogP contribution in [0.1, 0.15) is 50.7 Å². The Morgan fingerprint density at radius 1 is 1.16 bits per heavy atom. The third kappa shape index (κ3) is 3.58. The summed E-state index contributed by atoms with van der Waals surface area (Å²) in [5.41, 5.74) is 3.09. The molecule has 0 aliphatic carbocycles. The van der Waals surface area contributed by atoms with E-state index in [9.17, 15) is 0 Å². The van der Waals surface area contributed by atoms with E-state index in [0.29, 0.717) is 12.5 Å². The van der Waals surface area contributed by atoms with Gasteiger partial charge in [-0.2, -0.15) is 5.26 Å². The third-order valence-electron chi connectivity index (χ3n) is 4.13. The van der Waals surface area contributed by atoms with Crippen LogP contribution in [0.15, 0.2) is 24.3 Å². The quantitative estimate of drug-likeness (QED) is 0.755. The fourth-order valence-corrected chi connectivity index (χ4v) is 2.78. The summed E-state index contributed by atoms with van der Waals surface area (Å²) in [5.74, 6) is 0.670. The summed E-state index contributed by atoms with van der Waals surface area (Å²) >= 11 is 0. The molecule has 1 saturated heterocycles. The molecule has 1 aromatic rings. The predicted molar refractivity (Wildman–Crippen MR) is 79.2 cm³/mol. The number of piperidine rings is 1. The number of hydrogen-bond donors (Lipinski definition) is 0. The van der Waals surface area contributed by atoms with Crippen molar-refractivity contribution in [2.45, 2.75) is 44.9 Å². The fraction of sp³-hybridized carbons (Fsp3) is 0.588. The molecule has 0 spiro atoms. The zero-order valence-corrected chi connectivity index (χ0v) is 12.3. The van der Waals surface area contributed by atoms with E-state index < -0.39 is 0 Å². The van der Waals surface area contributed by atoms with Crippen LogP contribution in [0, 0.1) is 11.3 Å². The van der Waals surface area contributed by atoms with Gasteiger partial charge in [-0.3, -0.25) is 4.90 Å². The van der Waals surface area contributed by atoms with Crippen molar-refractivity contribution in [3.05, 3.63) is 35.4 Å². The van der Waals surface area contributed by atoms with Crippen LogP contribution in [0.25, 0.3) is 0 Å². The van der Waals surface area contributed by atoms with Gasteiger partial charge in [0.05, 0.1) is 12.6 Å². The van der Waals surface area contributed by atoms with Crippen LogP contribution in [-0.4, -0.2) is 24.5 Å². The van der Waals surface area contributed by atoms with E-state index in [1.165, 1.54) is 24.0 Å². The molecule has 19 heavy (non-hydrogen) atoms. The van der Waals surface area contributed by atoms with E-state index in [1.54, 1.807) is 0 Å². The second-order valence-corrected chi connectivity index (χ2v) is 6.58. The lowest BCUT2D eigenvalue weighted by molar-refractivity contribution is 0.235. The van der Waals surface area contributed by atoms with Crippen LogP contribution in [0.5, 0.6) is 0 Å². The van der Waals surface area contributed by atoms with Gasteiger partial charge in [-0.25, -0.2) is 0 Å². The van der Waals surface area contributed by atoms with Crippen molar-refractivity contribution in [1.29, 1.82) is 5.26 Å². The Kier molecular flexibility index (Phi) is 4.27. The van der Waals surface area contributed by atoms with Crippen LogP contribution in [0.3, 0.4) is 0 Å². The summed E-state index contributed by atoms with van der Waals surface area (Å²) in [5, 5.41) is 8.72. The van der Waals surface area contributed by atoms with Gasteiger partial charge in [0.15, 0.2) is 0 Å². The molecule has 0 N–H and O–H groups in total. The van der Waals surface area contributed by atoms with Crippen LogP contribution >= 0.6 is 0 Å². The molecule has 1 aromatic carbocycles. The van der Waals surface area contributed by atoms with Crippen LogP contribution < -0.4 is 0 Å². The lowest BCUT2D eigenvalue weighted by Gasteiger charge is -2.30. The van der Waals surface area contributed by atoms with E-state index in [2.05, 4.69) is 56.0 Å². The summed E-state index contributed by atoms with van der Waals surface area (Å²) in [4.78, 5) is 2.25. The topological polar surface area (TPSA) is 27.0 Å². The molecule has 1 heterocycles. The van der Waals surface area contributed by atoms with Crippen molar-refractivity contribution < 1.29 is 0 Å². The Bertz CT molecular complexity index is 440. The minimum Gasteiger partial charge on any atom is -0.291 e. The lowest BCUT2D eigenvalue weighted by Crippen LogP contribution is -2.33. The highest BCUT2D eigenvalue weighted by molar-refractivity contribution is 5.29. The van der Waals surface area contributed by atoms with Crippen molar-refractivity contribution in [3.8, 4) is 6.07 Å². The molecule has 2 heteroatoms. The molecule has 0 saturated carbocycles. The molecule has 102 valence electrons. The van der Waals surface area contributed by atoms with Crippen LogP contribution in [0.4, 0.5) is 0 Å². The molecule has 1 aliphatic heterocycles. The van der Waals surface area contributed by atoms with E-state index in [4.69, 9.17) is 5.26 Å². The zero-order chi connectivity index (χ0) is 13.9. The molecule has 0 amide bonds. The van der Waals surface area contributed by atoms with Crippen molar-refractivity contribution in [3.63, 3.8) is 0 Å². The lowest BCUT2D eigenvalue weighted by atomic mass is 9.84. The number of benzene rings is 1. The van der Waals surface area contributed by atoms with Gasteiger partial charge in [0.2, 0.25) is 0 Å². The summed E-state index contributed by atoms with van der Waals surface area (Å²) in [6.45, 7) is 9.45. The molecule has 0 unspecified atom stereocenters. The maximum Gasteiger partial charge on any atom is 0.0865 e. The summed E-state index contributed by atoms with van der Waals surface area (Å²) in [7, 11) is 0. The maximum absolute atomic E-state index is 8.72. The van der Waals surface area contributed by atoms with Crippen molar-refractivity contribution >= 4 is 0 Å². The van der Waals surface area contributed by atoms with Crippen molar-refractivity contribution in [1.82, 2.24) is 4.90 Å². The summed E-state index contributed by atoms with van der Waals surface area (Å²) in [6.07, 6.45) is 2.35. The highest BCUT2D eigenvalue weighted by atomic mass is 15.1. The Hall–Kier alpha value is -1.33. The first-order chi connectivity index (χ1) is 9.00.